The van der Waals surface area contributed by atoms with E-state index in [0.29, 0.717) is 37.5 Å². The molecule has 164 valence electrons. The number of hydrogen-bond donors (Lipinski definition) is 1. The largest absolute Gasteiger partial charge is 0.351 e. The Balaban J connectivity index is 1.37. The van der Waals surface area contributed by atoms with Gasteiger partial charge < -0.3 is 5.32 Å². The first-order valence-electron chi connectivity index (χ1n) is 10.9. The first kappa shape index (κ1) is 20.4. The van der Waals surface area contributed by atoms with Gasteiger partial charge in [-0.15, -0.1) is 0 Å². The summed E-state index contributed by atoms with van der Waals surface area (Å²) in [4.78, 5) is 22.0. The summed E-state index contributed by atoms with van der Waals surface area (Å²) in [5.74, 6) is -0.0213. The van der Waals surface area contributed by atoms with E-state index in [1.165, 1.54) is 23.6 Å². The van der Waals surface area contributed by atoms with Crippen molar-refractivity contribution < 1.29 is 8.42 Å². The Bertz CT molecular complexity index is 1210. The zero-order valence-electron chi connectivity index (χ0n) is 17.3. The minimum atomic E-state index is -3.51. The molecule has 31 heavy (non-hydrogen) atoms. The summed E-state index contributed by atoms with van der Waals surface area (Å²) >= 11 is 0. The molecule has 0 aromatic carbocycles. The molecule has 5 rings (SSSR count). The van der Waals surface area contributed by atoms with E-state index in [-0.39, 0.29) is 23.1 Å². The molecular weight excluding hydrogens is 416 g/mol. The minimum Gasteiger partial charge on any atom is -0.351 e. The fraction of sp³-hybridized carbons (Fsp3) is 0.619. The van der Waals surface area contributed by atoms with Gasteiger partial charge in [0.25, 0.3) is 5.56 Å². The van der Waals surface area contributed by atoms with E-state index in [2.05, 4.69) is 10.3 Å². The highest BCUT2D eigenvalue weighted by Gasteiger charge is 2.53. The smallest absolute Gasteiger partial charge is 0.252 e. The summed E-state index contributed by atoms with van der Waals surface area (Å²) in [6.45, 7) is 0.731. The Hall–Kier alpha value is -2.51. The molecule has 1 spiro atoms. The fourth-order valence-corrected chi connectivity index (χ4v) is 6.42. The molecule has 0 bridgehead atoms. The van der Waals surface area contributed by atoms with Gasteiger partial charge in [0.15, 0.2) is 5.75 Å². The lowest BCUT2D eigenvalue weighted by Crippen LogP contribution is -2.43. The maximum atomic E-state index is 12.8. The average molecular weight is 443 g/mol. The molecule has 2 saturated carbocycles. The molecule has 2 aromatic heterocycles. The number of pyridine rings is 1. The second kappa shape index (κ2) is 7.57. The lowest BCUT2D eigenvalue weighted by atomic mass is 10.00. The topological polar surface area (TPSA) is 121 Å². The Morgan fingerprint density at radius 1 is 1.19 bits per heavy atom. The number of nitriles is 1. The van der Waals surface area contributed by atoms with E-state index in [4.69, 9.17) is 10.2 Å². The molecule has 3 aliphatic rings. The van der Waals surface area contributed by atoms with E-state index in [0.717, 1.165) is 18.2 Å². The summed E-state index contributed by atoms with van der Waals surface area (Å²) in [5.41, 5.74) is 0.946. The molecule has 1 N–H and O–H groups in total. The van der Waals surface area contributed by atoms with Crippen LogP contribution in [0.5, 0.6) is 0 Å². The highest BCUT2D eigenvalue weighted by molar-refractivity contribution is 7.89. The molecule has 2 aromatic rings. The van der Waals surface area contributed by atoms with Crippen LogP contribution in [0.4, 0.5) is 5.95 Å². The predicted molar refractivity (Wildman–Crippen MR) is 116 cm³/mol. The van der Waals surface area contributed by atoms with E-state index in [9.17, 15) is 13.2 Å². The molecule has 0 amide bonds. The highest BCUT2D eigenvalue weighted by atomic mass is 32.2. The van der Waals surface area contributed by atoms with Crippen molar-refractivity contribution in [2.75, 3.05) is 24.2 Å². The van der Waals surface area contributed by atoms with Crippen LogP contribution in [0.1, 0.15) is 51.0 Å². The van der Waals surface area contributed by atoms with Crippen molar-refractivity contribution in [3.63, 3.8) is 0 Å². The third-order valence-electron chi connectivity index (χ3n) is 7.16. The van der Waals surface area contributed by atoms with E-state index in [1.807, 2.05) is 4.57 Å². The maximum absolute atomic E-state index is 12.8. The summed E-state index contributed by atoms with van der Waals surface area (Å²) in [5, 5.41) is 12.9. The van der Waals surface area contributed by atoms with Crippen molar-refractivity contribution in [1.82, 2.24) is 18.8 Å². The van der Waals surface area contributed by atoms with Crippen LogP contribution in [-0.4, -0.2) is 52.1 Å². The van der Waals surface area contributed by atoms with Crippen molar-refractivity contribution >= 4 is 27.0 Å². The van der Waals surface area contributed by atoms with Crippen LogP contribution in [0.25, 0.3) is 11.0 Å². The number of fused-ring (bicyclic) bond motifs is 1. The predicted octanol–water partition coefficient (Wildman–Crippen LogP) is 2.03. The highest BCUT2D eigenvalue weighted by Crippen LogP contribution is 2.63. The van der Waals surface area contributed by atoms with Crippen molar-refractivity contribution in [3.8, 4) is 6.07 Å². The summed E-state index contributed by atoms with van der Waals surface area (Å²) < 4.78 is 27.4. The molecule has 1 saturated heterocycles. The van der Waals surface area contributed by atoms with Gasteiger partial charge in [-0.25, -0.2) is 17.7 Å². The minimum absolute atomic E-state index is 0.00803. The zero-order chi connectivity index (χ0) is 21.6. The summed E-state index contributed by atoms with van der Waals surface area (Å²) in [6.07, 6.45) is 8.69. The number of nitrogens with one attached hydrogen (secondary N) is 1. The number of aromatic nitrogens is 3. The molecule has 0 radical (unpaired) electrons. The van der Waals surface area contributed by atoms with Gasteiger partial charge in [0.2, 0.25) is 16.0 Å². The number of anilines is 1. The Morgan fingerprint density at radius 2 is 1.97 bits per heavy atom. The first-order chi connectivity index (χ1) is 14.9. The molecular formula is C21H26N6O3S. The lowest BCUT2D eigenvalue weighted by Gasteiger charge is -2.31. The van der Waals surface area contributed by atoms with E-state index >= 15 is 0 Å². The standard InChI is InChI=1S/C21H26N6O3S/c22-10-13-31(29,30)26-11-5-16(6-12-26)24-20-23-14-15-3-4-18(28)27(19(15)25-20)17-2-1-7-21(17)8-9-21/h3-4,14,16-17H,1-2,5-9,11-13H2,(H,23,24,25)/t17-/m0/s1. The Labute approximate surface area is 181 Å². The molecule has 1 atom stereocenters. The van der Waals surface area contributed by atoms with Crippen molar-refractivity contribution in [3.05, 3.63) is 28.7 Å². The quantitative estimate of drug-likeness (QED) is 0.752. The number of piperidine rings is 1. The van der Waals surface area contributed by atoms with Crippen LogP contribution in [0, 0.1) is 16.7 Å². The normalized spacial score (nSPS) is 23.8. The van der Waals surface area contributed by atoms with Gasteiger partial charge in [0, 0.05) is 42.8 Å². The van der Waals surface area contributed by atoms with Gasteiger partial charge in [0.1, 0.15) is 5.65 Å². The van der Waals surface area contributed by atoms with Crippen LogP contribution in [0.15, 0.2) is 23.1 Å². The fourth-order valence-electron chi connectivity index (χ4n) is 5.31. The molecule has 1 aliphatic heterocycles. The third-order valence-corrected chi connectivity index (χ3v) is 8.80. The second-order valence-electron chi connectivity index (χ2n) is 9.02. The third kappa shape index (κ3) is 3.70. The number of hydrogen-bond acceptors (Lipinski definition) is 7. The van der Waals surface area contributed by atoms with Crippen molar-refractivity contribution in [2.24, 2.45) is 5.41 Å². The number of nitrogens with zero attached hydrogens (tertiary/aromatic N) is 5. The molecule has 3 heterocycles. The van der Waals surface area contributed by atoms with E-state index < -0.39 is 15.8 Å². The number of rotatable bonds is 5. The average Bonchev–Trinajstić information content (AvgIpc) is 3.41. The van der Waals surface area contributed by atoms with Gasteiger partial charge >= 0.3 is 0 Å². The monoisotopic (exact) mass is 442 g/mol. The van der Waals surface area contributed by atoms with E-state index in [1.54, 1.807) is 24.4 Å². The SMILES string of the molecule is N#CCS(=O)(=O)N1CCC(Nc2ncc3ccc(=O)n([C@H]4CCCC45CC5)c3n2)CC1. The molecule has 0 unspecified atom stereocenters. The Morgan fingerprint density at radius 3 is 2.68 bits per heavy atom. The van der Waals surface area contributed by atoms with Gasteiger partial charge in [-0.2, -0.15) is 10.2 Å². The number of sulfonamides is 1. The van der Waals surface area contributed by atoms with Gasteiger partial charge in [0.05, 0.1) is 6.07 Å². The van der Waals surface area contributed by atoms with Gasteiger partial charge in [-0.05, 0) is 50.0 Å². The van der Waals surface area contributed by atoms with Crippen LogP contribution < -0.4 is 10.9 Å². The molecule has 3 fully saturated rings. The van der Waals surface area contributed by atoms with Crippen molar-refractivity contribution in [1.29, 1.82) is 5.26 Å². The summed E-state index contributed by atoms with van der Waals surface area (Å²) in [7, 11) is -3.51. The maximum Gasteiger partial charge on any atom is 0.252 e. The van der Waals surface area contributed by atoms with Gasteiger partial charge in [-0.3, -0.25) is 9.36 Å². The Kier molecular flexibility index (Phi) is 4.98. The van der Waals surface area contributed by atoms with Crippen LogP contribution in [-0.2, 0) is 10.0 Å². The molecule has 2 aliphatic carbocycles. The first-order valence-corrected chi connectivity index (χ1v) is 12.5. The van der Waals surface area contributed by atoms with Crippen LogP contribution in [0.2, 0.25) is 0 Å². The second-order valence-corrected chi connectivity index (χ2v) is 11.0. The van der Waals surface area contributed by atoms with Crippen LogP contribution in [0.3, 0.4) is 0 Å². The molecule has 9 nitrogen and oxygen atoms in total. The molecule has 10 heteroatoms. The zero-order valence-corrected chi connectivity index (χ0v) is 18.1. The summed E-state index contributed by atoms with van der Waals surface area (Å²) in [6, 6.07) is 5.37. The lowest BCUT2D eigenvalue weighted by molar-refractivity contribution is 0.330. The van der Waals surface area contributed by atoms with Crippen molar-refractivity contribution in [2.45, 2.75) is 57.0 Å². The van der Waals surface area contributed by atoms with Crippen LogP contribution >= 0.6 is 0 Å². The van der Waals surface area contributed by atoms with Gasteiger partial charge in [-0.1, -0.05) is 6.42 Å².